The van der Waals surface area contributed by atoms with Gasteiger partial charge in [0.15, 0.2) is 12.2 Å². The van der Waals surface area contributed by atoms with Crippen LogP contribution in [0.4, 0.5) is 4.79 Å². The lowest BCUT2D eigenvalue weighted by molar-refractivity contribution is -0.165. The summed E-state index contributed by atoms with van der Waals surface area (Å²) in [4.78, 5) is 82.6. The molecule has 4 atom stereocenters. The van der Waals surface area contributed by atoms with E-state index in [9.17, 15) is 33.9 Å². The molecule has 13 nitrogen and oxygen atoms in total. The molecule has 1 aliphatic rings. The molecule has 50 heavy (non-hydrogen) atoms. The van der Waals surface area contributed by atoms with Crippen LogP contribution in [0.25, 0.3) is 0 Å². The first-order chi connectivity index (χ1) is 23.8. The highest BCUT2D eigenvalue weighted by molar-refractivity contribution is 6.04. The van der Waals surface area contributed by atoms with Gasteiger partial charge in [0, 0.05) is 26.6 Å². The number of carbonyl (C=O) groups excluding carboxylic acids is 5. The van der Waals surface area contributed by atoms with Gasteiger partial charge in [0.2, 0.25) is 11.8 Å². The minimum atomic E-state index is -1.82. The van der Waals surface area contributed by atoms with Crippen LogP contribution in [0.1, 0.15) is 43.9 Å². The summed E-state index contributed by atoms with van der Waals surface area (Å²) in [6, 6.07) is 24.9. The Bertz CT molecular complexity index is 1630. The second-order valence-corrected chi connectivity index (χ2v) is 12.5. The Balaban J connectivity index is 1.51. The van der Waals surface area contributed by atoms with Gasteiger partial charge in [0.05, 0.1) is 6.04 Å². The van der Waals surface area contributed by atoms with Crippen LogP contribution in [0.2, 0.25) is 0 Å². The lowest BCUT2D eigenvalue weighted by Gasteiger charge is -2.34. The summed E-state index contributed by atoms with van der Waals surface area (Å²) in [6.45, 7) is 5.04. The van der Waals surface area contributed by atoms with Crippen molar-refractivity contribution in [3.8, 4) is 0 Å². The van der Waals surface area contributed by atoms with Crippen LogP contribution in [0.5, 0.6) is 0 Å². The van der Waals surface area contributed by atoms with E-state index in [4.69, 9.17) is 10.5 Å². The van der Waals surface area contributed by atoms with Crippen LogP contribution in [-0.4, -0.2) is 91.9 Å². The summed E-state index contributed by atoms with van der Waals surface area (Å²) in [5.74, 6) is -4.64. The number of likely N-dealkylation sites (N-methyl/N-ethyl adjacent to an activating group) is 1. The number of hydrogen-bond acceptors (Lipinski definition) is 8. The van der Waals surface area contributed by atoms with Gasteiger partial charge >= 0.3 is 6.09 Å². The summed E-state index contributed by atoms with van der Waals surface area (Å²) in [5, 5.41) is 10.7. The highest BCUT2D eigenvalue weighted by Crippen LogP contribution is 2.29. The first-order valence-corrected chi connectivity index (χ1v) is 16.3. The average Bonchev–Trinajstić information content (AvgIpc) is 3.92. The Hall–Kier alpha value is -5.40. The largest absolute Gasteiger partial charge is 0.463 e. The predicted molar refractivity (Wildman–Crippen MR) is 182 cm³/mol. The molecule has 0 spiro atoms. The zero-order valence-electron chi connectivity index (χ0n) is 28.5. The van der Waals surface area contributed by atoms with Crippen molar-refractivity contribution in [3.05, 3.63) is 108 Å². The number of carbonyl (C=O) groups is 6. The van der Waals surface area contributed by atoms with Crippen molar-refractivity contribution in [3.63, 3.8) is 0 Å². The van der Waals surface area contributed by atoms with Crippen LogP contribution >= 0.6 is 0 Å². The van der Waals surface area contributed by atoms with Gasteiger partial charge in [-0.3, -0.25) is 28.9 Å². The lowest BCUT2D eigenvalue weighted by atomic mass is 10.0. The van der Waals surface area contributed by atoms with Crippen molar-refractivity contribution in [2.75, 3.05) is 7.05 Å². The molecule has 1 aliphatic heterocycles. The van der Waals surface area contributed by atoms with Gasteiger partial charge in [0.25, 0.3) is 17.7 Å². The molecule has 1 fully saturated rings. The van der Waals surface area contributed by atoms with Crippen LogP contribution in [-0.2, 0) is 48.2 Å². The molecule has 3 N–H and O–H groups in total. The van der Waals surface area contributed by atoms with E-state index >= 15 is 0 Å². The normalized spacial score (nSPS) is 16.1. The van der Waals surface area contributed by atoms with E-state index in [1.807, 2.05) is 91.0 Å². The van der Waals surface area contributed by atoms with E-state index in [1.165, 1.54) is 11.8 Å². The second kappa shape index (κ2) is 16.8. The van der Waals surface area contributed by atoms with Crippen molar-refractivity contribution < 1.29 is 38.6 Å². The lowest BCUT2D eigenvalue weighted by Crippen LogP contribution is -2.60. The minimum absolute atomic E-state index is 0.133. The Kier molecular flexibility index (Phi) is 12.6. The number of imide groups is 2. The van der Waals surface area contributed by atoms with Crippen LogP contribution in [0.15, 0.2) is 91.0 Å². The zero-order chi connectivity index (χ0) is 36.5. The van der Waals surface area contributed by atoms with Crippen molar-refractivity contribution in [1.82, 2.24) is 19.8 Å². The molecule has 0 unspecified atom stereocenters. The van der Waals surface area contributed by atoms with Crippen molar-refractivity contribution in [2.45, 2.75) is 71.0 Å². The first-order valence-electron chi connectivity index (χ1n) is 16.3. The number of nitrogens with zero attached hydrogens (tertiary/aromatic N) is 4. The molecular weight excluding hydrogens is 642 g/mol. The maximum Gasteiger partial charge on any atom is 0.433 e. The molecule has 264 valence electrons. The van der Waals surface area contributed by atoms with Crippen molar-refractivity contribution in [1.29, 1.82) is 0 Å². The number of rotatable bonds is 13. The molecule has 3 aromatic rings. The van der Waals surface area contributed by atoms with E-state index in [0.717, 1.165) is 28.6 Å². The summed E-state index contributed by atoms with van der Waals surface area (Å²) < 4.78 is 5.46. The molecule has 13 heteroatoms. The molecule has 6 amide bonds. The molecule has 3 aromatic carbocycles. The fourth-order valence-corrected chi connectivity index (χ4v) is 5.45. The summed E-state index contributed by atoms with van der Waals surface area (Å²) in [7, 11) is 1.03. The molecule has 1 saturated heterocycles. The number of aryl methyl sites for hydroxylation is 1. The number of hydrazine groups is 1. The van der Waals surface area contributed by atoms with E-state index in [1.54, 1.807) is 13.8 Å². The van der Waals surface area contributed by atoms with E-state index in [-0.39, 0.29) is 36.9 Å². The highest BCUT2D eigenvalue weighted by Gasteiger charge is 2.55. The standard InChI is InChI=1S/C37H43N5O8/c1-24(2)30(38)34(45)41(29(43)21-20-26-14-8-5-9-15-26)25(3)33(44)39(4)42(37(48)49)36(47)32-31(50-32)35(46)40(22-27-16-10-6-11-17-27)23-28-18-12-7-13-19-28/h5-19,24-25,30-32H,20-23,38H2,1-4H3,(H,48,49)/t25-,30-,31-,32-/m0/s1. The van der Waals surface area contributed by atoms with Gasteiger partial charge < -0.3 is 20.5 Å². The second-order valence-electron chi connectivity index (χ2n) is 12.5. The maximum atomic E-state index is 13.7. The number of amides is 6. The molecule has 0 aromatic heterocycles. The van der Waals surface area contributed by atoms with Gasteiger partial charge in [-0.15, -0.1) is 5.01 Å². The molecule has 0 bridgehead atoms. The van der Waals surface area contributed by atoms with Gasteiger partial charge in [-0.2, -0.15) is 0 Å². The molecular formula is C37H43N5O8. The van der Waals surface area contributed by atoms with Gasteiger partial charge in [0.1, 0.15) is 6.04 Å². The summed E-state index contributed by atoms with van der Waals surface area (Å²) in [5.41, 5.74) is 8.61. The SMILES string of the molecule is CC(C)[C@H](N)C(=O)N(C(=O)CCc1ccccc1)[C@@H](C)C(=O)N(C)N(C(=O)O)C(=O)[C@H]1O[C@@H]1C(=O)N(Cc1ccccc1)Cc1ccccc1. The topological polar surface area (TPSA) is 174 Å². The van der Waals surface area contributed by atoms with Gasteiger partial charge in [-0.05, 0) is 36.0 Å². The molecule has 0 saturated carbocycles. The molecule has 0 aliphatic carbocycles. The van der Waals surface area contributed by atoms with Crippen LogP contribution in [0, 0.1) is 5.92 Å². The Labute approximate surface area is 291 Å². The number of epoxide rings is 1. The quantitative estimate of drug-likeness (QED) is 0.202. The average molecular weight is 686 g/mol. The minimum Gasteiger partial charge on any atom is -0.463 e. The molecule has 4 rings (SSSR count). The Morgan fingerprint density at radius 3 is 1.64 bits per heavy atom. The summed E-state index contributed by atoms with van der Waals surface area (Å²) >= 11 is 0. The monoisotopic (exact) mass is 685 g/mol. The molecule has 0 radical (unpaired) electrons. The summed E-state index contributed by atoms with van der Waals surface area (Å²) in [6.07, 6.45) is -4.46. The number of ether oxygens (including phenoxy) is 1. The number of hydrogen-bond donors (Lipinski definition) is 2. The molecule has 1 heterocycles. The van der Waals surface area contributed by atoms with Crippen molar-refractivity contribution >= 4 is 35.6 Å². The van der Waals surface area contributed by atoms with E-state index in [2.05, 4.69) is 0 Å². The fourth-order valence-electron chi connectivity index (χ4n) is 5.45. The third kappa shape index (κ3) is 9.18. The van der Waals surface area contributed by atoms with Crippen molar-refractivity contribution in [2.24, 2.45) is 11.7 Å². The Morgan fingerprint density at radius 2 is 1.18 bits per heavy atom. The predicted octanol–water partition coefficient (Wildman–Crippen LogP) is 3.22. The van der Waals surface area contributed by atoms with Crippen LogP contribution < -0.4 is 5.73 Å². The number of benzene rings is 3. The van der Waals surface area contributed by atoms with Gasteiger partial charge in [-0.1, -0.05) is 105 Å². The van der Waals surface area contributed by atoms with Crippen LogP contribution in [0.3, 0.4) is 0 Å². The third-order valence-electron chi connectivity index (χ3n) is 8.46. The Morgan fingerprint density at radius 1 is 0.720 bits per heavy atom. The maximum absolute atomic E-state index is 13.7. The fraction of sp³-hybridized carbons (Fsp3) is 0.351. The number of nitrogens with two attached hydrogens (primary N) is 1. The zero-order valence-corrected chi connectivity index (χ0v) is 28.5. The van der Waals surface area contributed by atoms with E-state index in [0.29, 0.717) is 5.01 Å². The highest BCUT2D eigenvalue weighted by atomic mass is 16.6. The third-order valence-corrected chi connectivity index (χ3v) is 8.46. The first kappa shape index (κ1) is 37.4. The number of carboxylic acid groups (broad SMARTS) is 1. The smallest absolute Gasteiger partial charge is 0.433 e. The van der Waals surface area contributed by atoms with Gasteiger partial charge in [-0.25, -0.2) is 9.80 Å². The van der Waals surface area contributed by atoms with E-state index < -0.39 is 59.9 Å².